The van der Waals surface area contributed by atoms with Crippen LogP contribution in [0.15, 0.2) is 30.3 Å². The van der Waals surface area contributed by atoms with E-state index >= 15 is 0 Å². The minimum Gasteiger partial charge on any atom is -0.269 e. The van der Waals surface area contributed by atoms with Crippen LogP contribution in [-0.4, -0.2) is 74.1 Å². The average molecular weight is 430 g/mol. The summed E-state index contributed by atoms with van der Waals surface area (Å²) in [5.74, 6) is 0. The smallest absolute Gasteiger partial charge is 0.264 e. The first kappa shape index (κ1) is 23.0. The van der Waals surface area contributed by atoms with Gasteiger partial charge in [-0.25, -0.2) is 8.42 Å². The maximum Gasteiger partial charge on any atom is 0.264 e. The third kappa shape index (κ3) is 9.59. The lowest BCUT2D eigenvalue weighted by molar-refractivity contribution is 0.153. The molecule has 0 heterocycles. The van der Waals surface area contributed by atoms with Gasteiger partial charge in [0.2, 0.25) is 10.0 Å². The predicted molar refractivity (Wildman–Crippen MR) is 97.1 cm³/mol. The fraction of sp³-hybridized carbons (Fsp3) is 0.571. The fourth-order valence-corrected chi connectivity index (χ4v) is 4.02. The zero-order chi connectivity index (χ0) is 20.0. The van der Waals surface area contributed by atoms with Gasteiger partial charge in [0, 0.05) is 6.54 Å². The van der Waals surface area contributed by atoms with Gasteiger partial charge in [0.25, 0.3) is 20.2 Å². The summed E-state index contributed by atoms with van der Waals surface area (Å²) in [7, 11) is -11.5. The van der Waals surface area contributed by atoms with Gasteiger partial charge in [0.15, 0.2) is 0 Å². The van der Waals surface area contributed by atoms with E-state index in [2.05, 4.69) is 8.37 Å². The molecule has 26 heavy (non-hydrogen) atoms. The largest absolute Gasteiger partial charge is 0.269 e. The Kier molecular flexibility index (Phi) is 8.17. The number of sulfonamides is 1. The predicted octanol–water partition coefficient (Wildman–Crippen LogP) is -0.188. The molecule has 0 amide bonds. The molecular formula is C14H23NO8S3. The van der Waals surface area contributed by atoms with Crippen molar-refractivity contribution in [2.45, 2.75) is 12.5 Å². The van der Waals surface area contributed by atoms with E-state index in [0.29, 0.717) is 6.42 Å². The van der Waals surface area contributed by atoms with E-state index in [4.69, 9.17) is 0 Å². The Hall–Kier alpha value is -1.05. The van der Waals surface area contributed by atoms with Gasteiger partial charge in [0.05, 0.1) is 38.0 Å². The minimum absolute atomic E-state index is 0.00770. The van der Waals surface area contributed by atoms with Gasteiger partial charge in [-0.15, -0.1) is 0 Å². The molecule has 1 rings (SSSR count). The molecule has 0 saturated carbocycles. The van der Waals surface area contributed by atoms with E-state index in [1.54, 1.807) is 12.1 Å². The van der Waals surface area contributed by atoms with Crippen LogP contribution in [0.3, 0.4) is 0 Å². The molecule has 0 unspecified atom stereocenters. The average Bonchev–Trinajstić information content (AvgIpc) is 2.47. The van der Waals surface area contributed by atoms with Crippen molar-refractivity contribution in [3.63, 3.8) is 0 Å². The minimum atomic E-state index is -3.85. The first-order valence-electron chi connectivity index (χ1n) is 7.47. The van der Waals surface area contributed by atoms with Crippen molar-refractivity contribution in [3.05, 3.63) is 35.9 Å². The van der Waals surface area contributed by atoms with Crippen molar-refractivity contribution in [1.82, 2.24) is 4.31 Å². The highest BCUT2D eigenvalue weighted by Gasteiger charge is 2.29. The van der Waals surface area contributed by atoms with Gasteiger partial charge >= 0.3 is 0 Å². The third-order valence-electron chi connectivity index (χ3n) is 3.25. The van der Waals surface area contributed by atoms with Crippen LogP contribution in [0.25, 0.3) is 0 Å². The molecule has 150 valence electrons. The Morgan fingerprint density at radius 2 is 1.31 bits per heavy atom. The van der Waals surface area contributed by atoms with Crippen LogP contribution in [0.2, 0.25) is 0 Å². The van der Waals surface area contributed by atoms with Gasteiger partial charge in [-0.1, -0.05) is 30.3 Å². The maximum absolute atomic E-state index is 12.2. The molecule has 9 nitrogen and oxygen atoms in total. The highest BCUT2D eigenvalue weighted by atomic mass is 32.2. The molecule has 0 atom stereocenters. The van der Waals surface area contributed by atoms with Crippen LogP contribution in [0.1, 0.15) is 5.56 Å². The molecule has 0 aliphatic heterocycles. The maximum atomic E-state index is 12.2. The summed E-state index contributed by atoms with van der Waals surface area (Å²) < 4.78 is 79.6. The monoisotopic (exact) mass is 429 g/mol. The van der Waals surface area contributed by atoms with Gasteiger partial charge in [0.1, 0.15) is 0 Å². The lowest BCUT2D eigenvalue weighted by Crippen LogP contribution is -2.46. The van der Waals surface area contributed by atoms with Crippen molar-refractivity contribution in [3.8, 4) is 0 Å². The molecule has 1 aromatic carbocycles. The van der Waals surface area contributed by atoms with E-state index in [9.17, 15) is 25.3 Å². The second kappa shape index (κ2) is 9.24. The lowest BCUT2D eigenvalue weighted by Gasteiger charge is -2.28. The van der Waals surface area contributed by atoms with E-state index in [0.717, 1.165) is 28.6 Å². The van der Waals surface area contributed by atoms with Gasteiger partial charge in [-0.3, -0.25) is 8.37 Å². The normalized spacial score (nSPS) is 13.4. The molecule has 0 N–H and O–H groups in total. The van der Waals surface area contributed by atoms with Crippen molar-refractivity contribution < 1.29 is 33.6 Å². The van der Waals surface area contributed by atoms with Crippen molar-refractivity contribution in [1.29, 1.82) is 0 Å². The highest BCUT2D eigenvalue weighted by Crippen LogP contribution is 2.12. The number of rotatable bonds is 11. The summed E-state index contributed by atoms with van der Waals surface area (Å²) in [6.45, 7) is -1.11. The summed E-state index contributed by atoms with van der Waals surface area (Å²) in [5, 5.41) is 0. The van der Waals surface area contributed by atoms with Crippen LogP contribution in [0.5, 0.6) is 0 Å². The molecule has 0 saturated heterocycles. The number of hydrogen-bond acceptors (Lipinski definition) is 8. The van der Waals surface area contributed by atoms with Crippen LogP contribution in [0, 0.1) is 0 Å². The Balaban J connectivity index is 3.01. The quantitative estimate of drug-likeness (QED) is 0.443. The second-order valence-electron chi connectivity index (χ2n) is 5.74. The first-order valence-corrected chi connectivity index (χ1v) is 13.0. The summed E-state index contributed by atoms with van der Waals surface area (Å²) in [5.41, 5.74) is 0.868. The zero-order valence-corrected chi connectivity index (χ0v) is 17.2. The molecule has 0 bridgehead atoms. The van der Waals surface area contributed by atoms with E-state index in [1.165, 1.54) is 0 Å². The molecule has 0 aliphatic carbocycles. The Labute approximate surface area is 155 Å². The van der Waals surface area contributed by atoms with Crippen molar-refractivity contribution in [2.75, 3.05) is 38.5 Å². The molecular weight excluding hydrogens is 406 g/mol. The summed E-state index contributed by atoms with van der Waals surface area (Å²) >= 11 is 0. The van der Waals surface area contributed by atoms with Crippen LogP contribution < -0.4 is 0 Å². The molecule has 0 spiro atoms. The summed E-state index contributed by atoms with van der Waals surface area (Å²) in [6.07, 6.45) is 2.93. The van der Waals surface area contributed by atoms with Crippen LogP contribution >= 0.6 is 0 Å². The van der Waals surface area contributed by atoms with Crippen LogP contribution in [-0.2, 0) is 45.0 Å². The SMILES string of the molecule is CS(=O)(=O)OCC(COS(C)(=O)=O)N(CCc1ccccc1)S(C)(=O)=O. The van der Waals surface area contributed by atoms with E-state index < -0.39 is 49.5 Å². The topological polar surface area (TPSA) is 124 Å². The fourth-order valence-electron chi connectivity index (χ4n) is 2.12. The Bertz CT molecular complexity index is 843. The number of nitrogens with zero attached hydrogens (tertiary/aromatic N) is 1. The second-order valence-corrected chi connectivity index (χ2v) is 11.0. The van der Waals surface area contributed by atoms with Crippen molar-refractivity contribution >= 4 is 30.3 Å². The first-order chi connectivity index (χ1) is 11.8. The Morgan fingerprint density at radius 3 is 1.69 bits per heavy atom. The number of benzene rings is 1. The molecule has 0 radical (unpaired) electrons. The standard InChI is InChI=1S/C14H23NO8S3/c1-24(16,17)15(10-9-13-7-5-4-6-8-13)14(11-22-25(2,18)19)12-23-26(3,20)21/h4-8,14H,9-12H2,1-3H3. The van der Waals surface area contributed by atoms with Crippen LogP contribution in [0.4, 0.5) is 0 Å². The van der Waals surface area contributed by atoms with Gasteiger partial charge in [-0.05, 0) is 12.0 Å². The summed E-state index contributed by atoms with van der Waals surface area (Å²) in [6, 6.07) is 7.93. The molecule has 0 aromatic heterocycles. The molecule has 0 aliphatic rings. The lowest BCUT2D eigenvalue weighted by atomic mass is 10.1. The van der Waals surface area contributed by atoms with Gasteiger partial charge in [-0.2, -0.15) is 21.1 Å². The highest BCUT2D eigenvalue weighted by molar-refractivity contribution is 7.88. The molecule has 12 heteroatoms. The van der Waals surface area contributed by atoms with Crippen molar-refractivity contribution in [2.24, 2.45) is 0 Å². The molecule has 1 aromatic rings. The van der Waals surface area contributed by atoms with E-state index in [-0.39, 0.29) is 6.54 Å². The Morgan fingerprint density at radius 1 is 0.846 bits per heavy atom. The van der Waals surface area contributed by atoms with Gasteiger partial charge < -0.3 is 0 Å². The van der Waals surface area contributed by atoms with E-state index in [1.807, 2.05) is 18.2 Å². The summed E-state index contributed by atoms with van der Waals surface area (Å²) in [4.78, 5) is 0. The zero-order valence-electron chi connectivity index (χ0n) is 14.7. The third-order valence-corrected chi connectivity index (χ3v) is 5.71. The molecule has 0 fully saturated rings. The number of hydrogen-bond donors (Lipinski definition) is 0.